The SMILES string of the molecule is Nc1cc(Br)cc(C(=O)Nc2ccc(F)cn2)c1. The van der Waals surface area contributed by atoms with Crippen molar-refractivity contribution in [3.63, 3.8) is 0 Å². The molecule has 3 N–H and O–H groups in total. The van der Waals surface area contributed by atoms with Crippen molar-refractivity contribution in [2.24, 2.45) is 0 Å². The maximum absolute atomic E-state index is 12.7. The molecule has 4 nitrogen and oxygen atoms in total. The standard InChI is InChI=1S/C12H9BrFN3O/c13-8-3-7(4-10(15)5-8)12(18)17-11-2-1-9(14)6-16-11/h1-6H,15H2,(H,16,17,18). The lowest BCUT2D eigenvalue weighted by atomic mass is 10.2. The summed E-state index contributed by atoms with van der Waals surface area (Å²) < 4.78 is 13.4. The first-order valence-corrected chi connectivity index (χ1v) is 5.83. The Labute approximate surface area is 111 Å². The third-order valence-electron chi connectivity index (χ3n) is 2.15. The van der Waals surface area contributed by atoms with E-state index >= 15 is 0 Å². The normalized spacial score (nSPS) is 10.1. The molecular weight excluding hydrogens is 301 g/mol. The van der Waals surface area contributed by atoms with Crippen LogP contribution in [0.3, 0.4) is 0 Å². The van der Waals surface area contributed by atoms with Crippen molar-refractivity contribution >= 4 is 33.3 Å². The van der Waals surface area contributed by atoms with Crippen molar-refractivity contribution in [1.82, 2.24) is 4.98 Å². The van der Waals surface area contributed by atoms with Crippen LogP contribution in [0.2, 0.25) is 0 Å². The summed E-state index contributed by atoms with van der Waals surface area (Å²) in [7, 11) is 0. The Balaban J connectivity index is 2.19. The van der Waals surface area contributed by atoms with Crippen LogP contribution < -0.4 is 11.1 Å². The van der Waals surface area contributed by atoms with Crippen LogP contribution in [0.5, 0.6) is 0 Å². The van der Waals surface area contributed by atoms with Gasteiger partial charge in [0.25, 0.3) is 5.91 Å². The number of aromatic nitrogens is 1. The molecule has 92 valence electrons. The predicted molar refractivity (Wildman–Crippen MR) is 70.7 cm³/mol. The number of nitrogens with zero attached hydrogens (tertiary/aromatic N) is 1. The summed E-state index contributed by atoms with van der Waals surface area (Å²) in [5.74, 6) is -0.540. The van der Waals surface area contributed by atoms with Crippen LogP contribution in [0.1, 0.15) is 10.4 Å². The lowest BCUT2D eigenvalue weighted by molar-refractivity contribution is 0.102. The van der Waals surface area contributed by atoms with Crippen LogP contribution in [-0.4, -0.2) is 10.9 Å². The number of amides is 1. The average Bonchev–Trinajstić information content (AvgIpc) is 2.31. The molecule has 0 unspecified atom stereocenters. The number of benzene rings is 1. The van der Waals surface area contributed by atoms with Crippen LogP contribution >= 0.6 is 15.9 Å². The van der Waals surface area contributed by atoms with Gasteiger partial charge in [-0.25, -0.2) is 9.37 Å². The van der Waals surface area contributed by atoms with Gasteiger partial charge in [-0.2, -0.15) is 0 Å². The number of nitrogen functional groups attached to an aromatic ring is 1. The van der Waals surface area contributed by atoms with Gasteiger partial charge in [0.2, 0.25) is 0 Å². The maximum Gasteiger partial charge on any atom is 0.256 e. The minimum atomic E-state index is -0.459. The molecule has 0 saturated carbocycles. The summed E-state index contributed by atoms with van der Waals surface area (Å²) in [6, 6.07) is 7.47. The van der Waals surface area contributed by atoms with E-state index in [2.05, 4.69) is 26.2 Å². The van der Waals surface area contributed by atoms with Crippen molar-refractivity contribution in [3.05, 3.63) is 52.4 Å². The molecule has 0 saturated heterocycles. The van der Waals surface area contributed by atoms with Gasteiger partial charge in [-0.15, -0.1) is 0 Å². The van der Waals surface area contributed by atoms with E-state index in [0.717, 1.165) is 6.20 Å². The first kappa shape index (κ1) is 12.5. The number of halogens is 2. The van der Waals surface area contributed by atoms with Gasteiger partial charge < -0.3 is 11.1 Å². The van der Waals surface area contributed by atoms with Gasteiger partial charge in [-0.1, -0.05) is 15.9 Å². The Morgan fingerprint density at radius 1 is 1.33 bits per heavy atom. The number of nitrogens with two attached hydrogens (primary N) is 1. The molecule has 1 heterocycles. The second kappa shape index (κ2) is 5.14. The van der Waals surface area contributed by atoms with Gasteiger partial charge in [0.1, 0.15) is 11.6 Å². The van der Waals surface area contributed by atoms with Gasteiger partial charge in [-0.3, -0.25) is 4.79 Å². The molecule has 6 heteroatoms. The first-order valence-electron chi connectivity index (χ1n) is 5.03. The zero-order valence-electron chi connectivity index (χ0n) is 9.15. The van der Waals surface area contributed by atoms with Crippen LogP contribution in [0.15, 0.2) is 41.0 Å². The third kappa shape index (κ3) is 3.04. The highest BCUT2D eigenvalue weighted by molar-refractivity contribution is 9.10. The second-order valence-corrected chi connectivity index (χ2v) is 4.50. The van der Waals surface area contributed by atoms with Crippen molar-refractivity contribution in [2.75, 3.05) is 11.1 Å². The Morgan fingerprint density at radius 3 is 2.72 bits per heavy atom. The molecule has 0 aliphatic rings. The summed E-state index contributed by atoms with van der Waals surface area (Å²) >= 11 is 3.25. The first-order chi connectivity index (χ1) is 8.54. The molecule has 0 aliphatic carbocycles. The molecule has 0 radical (unpaired) electrons. The largest absolute Gasteiger partial charge is 0.399 e. The van der Waals surface area contributed by atoms with Crippen LogP contribution in [0, 0.1) is 5.82 Å². The second-order valence-electron chi connectivity index (χ2n) is 3.59. The third-order valence-corrected chi connectivity index (χ3v) is 2.61. The highest BCUT2D eigenvalue weighted by Crippen LogP contribution is 2.18. The van der Waals surface area contributed by atoms with Gasteiger partial charge >= 0.3 is 0 Å². The summed E-state index contributed by atoms with van der Waals surface area (Å²) in [5.41, 5.74) is 6.51. The molecule has 2 rings (SSSR count). The van der Waals surface area contributed by atoms with E-state index in [0.29, 0.717) is 15.7 Å². The van der Waals surface area contributed by atoms with E-state index in [1.165, 1.54) is 12.1 Å². The Bertz CT molecular complexity index is 566. The molecule has 1 aromatic carbocycles. The molecule has 0 bridgehead atoms. The van der Waals surface area contributed by atoms with E-state index in [9.17, 15) is 9.18 Å². The molecule has 1 aromatic heterocycles. The lowest BCUT2D eigenvalue weighted by Gasteiger charge is -2.05. The van der Waals surface area contributed by atoms with E-state index in [1.807, 2.05) is 0 Å². The monoisotopic (exact) mass is 309 g/mol. The quantitative estimate of drug-likeness (QED) is 0.838. The van der Waals surface area contributed by atoms with Crippen molar-refractivity contribution in [3.8, 4) is 0 Å². The topological polar surface area (TPSA) is 68.0 Å². The summed E-state index contributed by atoms with van der Waals surface area (Å²) in [6.07, 6.45) is 1.03. The maximum atomic E-state index is 12.7. The smallest absolute Gasteiger partial charge is 0.256 e. The molecule has 2 aromatic rings. The fraction of sp³-hybridized carbons (Fsp3) is 0. The van der Waals surface area contributed by atoms with Crippen molar-refractivity contribution in [1.29, 1.82) is 0 Å². The van der Waals surface area contributed by atoms with E-state index < -0.39 is 5.82 Å². The zero-order valence-corrected chi connectivity index (χ0v) is 10.7. The number of carbonyl (C=O) groups is 1. The van der Waals surface area contributed by atoms with E-state index in [1.54, 1.807) is 18.2 Å². The van der Waals surface area contributed by atoms with E-state index in [-0.39, 0.29) is 11.7 Å². The fourth-order valence-corrected chi connectivity index (χ4v) is 1.89. The zero-order chi connectivity index (χ0) is 13.1. The minimum absolute atomic E-state index is 0.278. The molecule has 0 atom stereocenters. The summed E-state index contributed by atoms with van der Waals surface area (Å²) in [5, 5.41) is 2.55. The molecule has 0 aliphatic heterocycles. The highest BCUT2D eigenvalue weighted by atomic mass is 79.9. The Kier molecular flexibility index (Phi) is 3.57. The predicted octanol–water partition coefficient (Wildman–Crippen LogP) is 2.82. The summed E-state index contributed by atoms with van der Waals surface area (Å²) in [4.78, 5) is 15.6. The van der Waals surface area contributed by atoms with Gasteiger partial charge in [0, 0.05) is 15.7 Å². The lowest BCUT2D eigenvalue weighted by Crippen LogP contribution is -2.13. The molecule has 1 amide bonds. The van der Waals surface area contributed by atoms with Crippen molar-refractivity contribution in [2.45, 2.75) is 0 Å². The Hall–Kier alpha value is -1.95. The highest BCUT2D eigenvalue weighted by Gasteiger charge is 2.08. The molecule has 0 fully saturated rings. The van der Waals surface area contributed by atoms with Gasteiger partial charge in [0.05, 0.1) is 6.20 Å². The molecule has 18 heavy (non-hydrogen) atoms. The fourth-order valence-electron chi connectivity index (χ4n) is 1.38. The number of hydrogen-bond acceptors (Lipinski definition) is 3. The summed E-state index contributed by atoms with van der Waals surface area (Å²) in [6.45, 7) is 0. The number of carbonyl (C=O) groups excluding carboxylic acids is 1. The number of nitrogens with one attached hydrogen (secondary N) is 1. The van der Waals surface area contributed by atoms with E-state index in [4.69, 9.17) is 5.73 Å². The number of anilines is 2. The van der Waals surface area contributed by atoms with Crippen LogP contribution in [0.25, 0.3) is 0 Å². The average molecular weight is 310 g/mol. The Morgan fingerprint density at radius 2 is 2.11 bits per heavy atom. The van der Waals surface area contributed by atoms with Gasteiger partial charge in [0.15, 0.2) is 0 Å². The van der Waals surface area contributed by atoms with Gasteiger partial charge in [-0.05, 0) is 30.3 Å². The number of rotatable bonds is 2. The molecular formula is C12H9BrFN3O. The minimum Gasteiger partial charge on any atom is -0.399 e. The number of pyridine rings is 1. The van der Waals surface area contributed by atoms with Crippen LogP contribution in [-0.2, 0) is 0 Å². The number of hydrogen-bond donors (Lipinski definition) is 2. The van der Waals surface area contributed by atoms with Crippen molar-refractivity contribution < 1.29 is 9.18 Å². The molecule has 0 spiro atoms. The van der Waals surface area contributed by atoms with Crippen LogP contribution in [0.4, 0.5) is 15.9 Å².